The number of nitrogens with zero attached hydrogens (tertiary/aromatic N) is 1. The van der Waals surface area contributed by atoms with Crippen molar-refractivity contribution in [3.05, 3.63) is 42.5 Å². The summed E-state index contributed by atoms with van der Waals surface area (Å²) in [5, 5.41) is -0.527. The third kappa shape index (κ3) is 3.55. The van der Waals surface area contributed by atoms with E-state index in [4.69, 9.17) is 0 Å². The van der Waals surface area contributed by atoms with Gasteiger partial charge in [0.25, 0.3) is 0 Å². The first-order valence-electron chi connectivity index (χ1n) is 7.20. The van der Waals surface area contributed by atoms with Gasteiger partial charge in [0.05, 0.1) is 16.4 Å². The summed E-state index contributed by atoms with van der Waals surface area (Å²) in [6, 6.07) is 7.71. The van der Waals surface area contributed by atoms with Gasteiger partial charge in [0, 0.05) is 5.39 Å². The fraction of sp³-hybridized carbons (Fsp3) is 0.143. The zero-order chi connectivity index (χ0) is 21.8. The van der Waals surface area contributed by atoms with Crippen molar-refractivity contribution in [2.45, 2.75) is 11.0 Å². The second kappa shape index (κ2) is 6.41. The number of rotatable bonds is 4. The summed E-state index contributed by atoms with van der Waals surface area (Å²) in [6.07, 6.45) is 0. The minimum atomic E-state index is -6.15. The zero-order valence-electron chi connectivity index (χ0n) is 13.5. The maximum absolute atomic E-state index is 12.7. The lowest BCUT2D eigenvalue weighted by molar-refractivity contribution is -0.0541. The molecule has 0 aliphatic heterocycles. The van der Waals surface area contributed by atoms with Gasteiger partial charge in [-0.15, -0.1) is 0 Å². The van der Waals surface area contributed by atoms with Crippen molar-refractivity contribution in [2.24, 2.45) is 0 Å². The molecule has 0 unspecified atom stereocenters. The van der Waals surface area contributed by atoms with Gasteiger partial charge in [0.1, 0.15) is 0 Å². The second-order valence-corrected chi connectivity index (χ2v) is 8.48. The van der Waals surface area contributed by atoms with Gasteiger partial charge in [-0.2, -0.15) is 47.9 Å². The van der Waals surface area contributed by atoms with Crippen LogP contribution >= 0.6 is 0 Å². The fourth-order valence-electron chi connectivity index (χ4n) is 2.41. The molecule has 3 aromatic rings. The maximum atomic E-state index is 12.7. The first kappa shape index (κ1) is 21.0. The van der Waals surface area contributed by atoms with Gasteiger partial charge in [-0.3, -0.25) is 4.28 Å². The number of benzene rings is 2. The summed E-state index contributed by atoms with van der Waals surface area (Å²) in [5.41, 5.74) is -12.3. The van der Waals surface area contributed by atoms with E-state index in [1.165, 1.54) is 18.2 Å². The summed E-state index contributed by atoms with van der Waals surface area (Å²) < 4.78 is 130. The molecule has 29 heavy (non-hydrogen) atoms. The number of halogens is 6. The standard InChI is InChI=1S/C14H7F6NO6S2/c15-13(16,17)28(22,23)26-11-7-3-6-10-12(11)8-4-1-2-5-9(8)21(10)27-29(24,25)14(18,19)20/h1-7H. The first-order valence-corrected chi connectivity index (χ1v) is 10.0. The molecule has 3 rings (SSSR count). The normalized spacial score (nSPS) is 13.7. The highest BCUT2D eigenvalue weighted by Gasteiger charge is 2.50. The van der Waals surface area contributed by atoms with Crippen LogP contribution in [0.2, 0.25) is 0 Å². The molecule has 0 radical (unpaired) electrons. The highest BCUT2D eigenvalue weighted by Crippen LogP contribution is 2.38. The molecule has 0 bridgehead atoms. The van der Waals surface area contributed by atoms with Crippen LogP contribution in [0.15, 0.2) is 42.5 Å². The van der Waals surface area contributed by atoms with Crippen LogP contribution in [0.5, 0.6) is 5.75 Å². The van der Waals surface area contributed by atoms with Crippen molar-refractivity contribution in [3.8, 4) is 5.75 Å². The Bertz CT molecular complexity index is 1310. The molecule has 0 fully saturated rings. The van der Waals surface area contributed by atoms with E-state index >= 15 is 0 Å². The van der Waals surface area contributed by atoms with E-state index in [2.05, 4.69) is 8.47 Å². The number of alkyl halides is 6. The molecule has 0 spiro atoms. The molecule has 0 aliphatic carbocycles. The molecule has 0 saturated heterocycles. The molecular weight excluding hydrogens is 456 g/mol. The van der Waals surface area contributed by atoms with Crippen LogP contribution in [-0.2, 0) is 20.2 Å². The summed E-state index contributed by atoms with van der Waals surface area (Å²) in [7, 11) is -12.3. The molecule has 15 heteroatoms. The molecule has 0 N–H and O–H groups in total. The number of para-hydroxylation sites is 1. The van der Waals surface area contributed by atoms with Gasteiger partial charge in [0.2, 0.25) is 0 Å². The average molecular weight is 463 g/mol. The van der Waals surface area contributed by atoms with Crippen LogP contribution in [0.1, 0.15) is 0 Å². The Morgan fingerprint density at radius 1 is 0.724 bits per heavy atom. The molecule has 7 nitrogen and oxygen atoms in total. The number of hydrogen-bond acceptors (Lipinski definition) is 6. The van der Waals surface area contributed by atoms with E-state index in [0.29, 0.717) is 0 Å². The van der Waals surface area contributed by atoms with E-state index in [-0.39, 0.29) is 15.6 Å². The van der Waals surface area contributed by atoms with Crippen LogP contribution in [0.4, 0.5) is 26.3 Å². The van der Waals surface area contributed by atoms with E-state index in [1.807, 2.05) is 0 Å². The largest absolute Gasteiger partial charge is 0.536 e. The van der Waals surface area contributed by atoms with Crippen molar-refractivity contribution >= 4 is 42.0 Å². The van der Waals surface area contributed by atoms with E-state index < -0.39 is 47.9 Å². The summed E-state index contributed by atoms with van der Waals surface area (Å²) in [6.45, 7) is 0. The third-order valence-electron chi connectivity index (χ3n) is 3.55. The molecular formula is C14H7F6NO6S2. The minimum Gasteiger partial charge on any atom is -0.375 e. The topological polar surface area (TPSA) is 91.7 Å². The molecule has 0 aliphatic rings. The van der Waals surface area contributed by atoms with Gasteiger partial charge in [-0.05, 0) is 18.2 Å². The fourth-order valence-corrected chi connectivity index (χ4v) is 3.32. The van der Waals surface area contributed by atoms with Gasteiger partial charge in [-0.25, -0.2) is 0 Å². The number of aromatic nitrogens is 1. The summed E-state index contributed by atoms with van der Waals surface area (Å²) in [5.74, 6) is -0.886. The second-order valence-electron chi connectivity index (χ2n) is 5.42. The van der Waals surface area contributed by atoms with Gasteiger partial charge in [-0.1, -0.05) is 24.3 Å². The lowest BCUT2D eigenvalue weighted by atomic mass is 10.1. The van der Waals surface area contributed by atoms with Crippen LogP contribution in [-0.4, -0.2) is 32.6 Å². The van der Waals surface area contributed by atoms with Crippen molar-refractivity contribution in [2.75, 3.05) is 0 Å². The Labute approximate surface area is 158 Å². The van der Waals surface area contributed by atoms with Crippen molar-refractivity contribution in [1.82, 2.24) is 4.73 Å². The first-order chi connectivity index (χ1) is 13.2. The number of fused-ring (bicyclic) bond motifs is 3. The smallest absolute Gasteiger partial charge is 0.375 e. The Morgan fingerprint density at radius 2 is 1.28 bits per heavy atom. The molecule has 0 saturated carbocycles. The average Bonchev–Trinajstić information content (AvgIpc) is 2.87. The summed E-state index contributed by atoms with van der Waals surface area (Å²) in [4.78, 5) is 0. The Morgan fingerprint density at radius 3 is 1.86 bits per heavy atom. The molecule has 0 atom stereocenters. The predicted octanol–water partition coefficient (Wildman–Crippen LogP) is 3.30. The monoisotopic (exact) mass is 463 g/mol. The lowest BCUT2D eigenvalue weighted by Gasteiger charge is -2.12. The minimum absolute atomic E-state index is 0.118. The number of hydrogen-bond donors (Lipinski definition) is 0. The van der Waals surface area contributed by atoms with Crippen molar-refractivity contribution in [1.29, 1.82) is 0 Å². The molecule has 0 amide bonds. The molecule has 2 aromatic carbocycles. The van der Waals surface area contributed by atoms with Crippen LogP contribution in [0, 0.1) is 0 Å². The van der Waals surface area contributed by atoms with Gasteiger partial charge in [0.15, 0.2) is 5.75 Å². The van der Waals surface area contributed by atoms with Crippen molar-refractivity contribution < 1.29 is 51.6 Å². The van der Waals surface area contributed by atoms with E-state index in [0.717, 1.165) is 24.3 Å². The quantitative estimate of drug-likeness (QED) is 0.335. The Kier molecular flexibility index (Phi) is 4.65. The highest BCUT2D eigenvalue weighted by molar-refractivity contribution is 7.88. The predicted molar refractivity (Wildman–Crippen MR) is 86.6 cm³/mol. The van der Waals surface area contributed by atoms with Gasteiger partial charge < -0.3 is 4.18 Å². The molecule has 1 heterocycles. The van der Waals surface area contributed by atoms with Gasteiger partial charge >= 0.3 is 31.3 Å². The van der Waals surface area contributed by atoms with E-state index in [1.54, 1.807) is 0 Å². The van der Waals surface area contributed by atoms with E-state index in [9.17, 15) is 43.2 Å². The Balaban J connectivity index is 2.31. The Hall–Kier alpha value is -2.68. The van der Waals surface area contributed by atoms with Crippen LogP contribution in [0.25, 0.3) is 21.8 Å². The zero-order valence-corrected chi connectivity index (χ0v) is 15.2. The SMILES string of the molecule is O=S(=O)(Oc1cccc2c1c1ccccc1n2OS(=O)(=O)C(F)(F)F)C(F)(F)F. The van der Waals surface area contributed by atoms with Crippen molar-refractivity contribution in [3.63, 3.8) is 0 Å². The maximum Gasteiger partial charge on any atom is 0.536 e. The summed E-state index contributed by atoms with van der Waals surface area (Å²) >= 11 is 0. The lowest BCUT2D eigenvalue weighted by Crippen LogP contribution is -2.33. The molecule has 158 valence electrons. The van der Waals surface area contributed by atoms with Crippen LogP contribution < -0.4 is 8.47 Å². The third-order valence-corrected chi connectivity index (χ3v) is 5.43. The van der Waals surface area contributed by atoms with Crippen LogP contribution in [0.3, 0.4) is 0 Å². The highest BCUT2D eigenvalue weighted by atomic mass is 32.2. The molecule has 1 aromatic heterocycles.